The topological polar surface area (TPSA) is 38.1 Å². The monoisotopic (exact) mass is 224 g/mol. The van der Waals surface area contributed by atoms with E-state index in [2.05, 4.69) is 38.0 Å². The van der Waals surface area contributed by atoms with Crippen LogP contribution in [0.2, 0.25) is 0 Å². The minimum absolute atomic E-state index is 0.0612. The molecule has 0 aromatic carbocycles. The number of nitrogens with zero attached hydrogens (tertiary/aromatic N) is 1. The Labute approximate surface area is 98.6 Å². The molecule has 3 heteroatoms. The molecule has 0 spiro atoms. The van der Waals surface area contributed by atoms with E-state index in [0.717, 1.165) is 37.6 Å². The van der Waals surface area contributed by atoms with Crippen LogP contribution in [0.3, 0.4) is 0 Å². The van der Waals surface area contributed by atoms with E-state index >= 15 is 0 Å². The van der Waals surface area contributed by atoms with E-state index in [4.69, 9.17) is 4.42 Å². The summed E-state index contributed by atoms with van der Waals surface area (Å²) in [5, 5.41) is 3.37. The Hall–Kier alpha value is -0.830. The molecule has 0 amide bonds. The van der Waals surface area contributed by atoms with Crippen LogP contribution in [0.4, 0.5) is 0 Å². The van der Waals surface area contributed by atoms with Crippen LogP contribution in [0.15, 0.2) is 10.6 Å². The smallest absolute Gasteiger partial charge is 0.194 e. The second kappa shape index (κ2) is 6.04. The van der Waals surface area contributed by atoms with Crippen molar-refractivity contribution >= 4 is 0 Å². The first-order valence-corrected chi connectivity index (χ1v) is 6.20. The first-order chi connectivity index (χ1) is 7.54. The summed E-state index contributed by atoms with van der Waals surface area (Å²) in [4.78, 5) is 4.31. The van der Waals surface area contributed by atoms with E-state index in [1.165, 1.54) is 6.42 Å². The van der Waals surface area contributed by atoms with Gasteiger partial charge in [-0.25, -0.2) is 4.98 Å². The molecule has 0 aliphatic carbocycles. The van der Waals surface area contributed by atoms with Gasteiger partial charge >= 0.3 is 0 Å². The standard InChI is InChI=1S/C13H24N2O/c1-5-8-14-9-6-7-12-15-10-11(16-12)13(2,3)4/h10,14H,5-9H2,1-4H3. The molecule has 0 saturated heterocycles. The van der Waals surface area contributed by atoms with Crippen LogP contribution in [-0.2, 0) is 11.8 Å². The van der Waals surface area contributed by atoms with Gasteiger partial charge in [-0.3, -0.25) is 0 Å². The van der Waals surface area contributed by atoms with Crippen molar-refractivity contribution in [2.24, 2.45) is 0 Å². The van der Waals surface area contributed by atoms with Crippen molar-refractivity contribution in [1.82, 2.24) is 10.3 Å². The summed E-state index contributed by atoms with van der Waals surface area (Å²) in [5.74, 6) is 1.84. The number of hydrogen-bond acceptors (Lipinski definition) is 3. The average Bonchev–Trinajstić information content (AvgIpc) is 2.65. The number of hydrogen-bond donors (Lipinski definition) is 1. The first kappa shape index (κ1) is 13.2. The maximum absolute atomic E-state index is 5.72. The van der Waals surface area contributed by atoms with Crippen LogP contribution in [0.25, 0.3) is 0 Å². The van der Waals surface area contributed by atoms with Crippen LogP contribution in [0, 0.1) is 0 Å². The van der Waals surface area contributed by atoms with Gasteiger partial charge in [0, 0.05) is 11.8 Å². The molecule has 0 radical (unpaired) electrons. The summed E-state index contributed by atoms with van der Waals surface area (Å²) in [6.07, 6.45) is 5.05. The minimum atomic E-state index is 0.0612. The van der Waals surface area contributed by atoms with Crippen molar-refractivity contribution < 1.29 is 4.42 Å². The number of aryl methyl sites for hydroxylation is 1. The predicted molar refractivity (Wildman–Crippen MR) is 66.7 cm³/mol. The van der Waals surface area contributed by atoms with Gasteiger partial charge < -0.3 is 9.73 Å². The molecule has 0 aliphatic rings. The fourth-order valence-electron chi connectivity index (χ4n) is 1.44. The minimum Gasteiger partial charge on any atom is -0.445 e. The van der Waals surface area contributed by atoms with E-state index in [1.807, 2.05) is 6.20 Å². The van der Waals surface area contributed by atoms with Gasteiger partial charge in [0.05, 0.1) is 6.20 Å². The number of oxazole rings is 1. The molecule has 1 aromatic rings. The lowest BCUT2D eigenvalue weighted by molar-refractivity contribution is 0.379. The summed E-state index contributed by atoms with van der Waals surface area (Å²) < 4.78 is 5.72. The van der Waals surface area contributed by atoms with Gasteiger partial charge in [-0.05, 0) is 25.9 Å². The highest BCUT2D eigenvalue weighted by molar-refractivity contribution is 5.05. The SMILES string of the molecule is CCCNCCCc1ncc(C(C)(C)C)o1. The Morgan fingerprint density at radius 1 is 1.31 bits per heavy atom. The van der Waals surface area contributed by atoms with Gasteiger partial charge in [-0.1, -0.05) is 27.7 Å². The normalized spacial score (nSPS) is 12.0. The highest BCUT2D eigenvalue weighted by Crippen LogP contribution is 2.22. The van der Waals surface area contributed by atoms with E-state index in [9.17, 15) is 0 Å². The molecule has 1 rings (SSSR count). The summed E-state index contributed by atoms with van der Waals surface area (Å²) in [6.45, 7) is 10.7. The van der Waals surface area contributed by atoms with Gasteiger partial charge in [-0.2, -0.15) is 0 Å². The number of nitrogens with one attached hydrogen (secondary N) is 1. The molecule has 0 unspecified atom stereocenters. The Bertz CT molecular complexity index is 299. The zero-order valence-corrected chi connectivity index (χ0v) is 11.0. The van der Waals surface area contributed by atoms with Crippen molar-refractivity contribution in [2.75, 3.05) is 13.1 Å². The van der Waals surface area contributed by atoms with Crippen LogP contribution < -0.4 is 5.32 Å². The molecule has 1 heterocycles. The van der Waals surface area contributed by atoms with Crippen LogP contribution in [0.5, 0.6) is 0 Å². The Balaban J connectivity index is 2.30. The molecule has 0 atom stereocenters. The molecular weight excluding hydrogens is 200 g/mol. The zero-order valence-electron chi connectivity index (χ0n) is 11.0. The van der Waals surface area contributed by atoms with Crippen molar-refractivity contribution in [3.8, 4) is 0 Å². The fourth-order valence-corrected chi connectivity index (χ4v) is 1.44. The first-order valence-electron chi connectivity index (χ1n) is 6.20. The molecule has 92 valence electrons. The summed E-state index contributed by atoms with van der Waals surface area (Å²) in [7, 11) is 0. The number of rotatable bonds is 6. The fraction of sp³-hybridized carbons (Fsp3) is 0.769. The Kier molecular flexibility index (Phi) is 5.00. The van der Waals surface area contributed by atoms with Crippen molar-refractivity contribution in [3.63, 3.8) is 0 Å². The third-order valence-electron chi connectivity index (χ3n) is 2.46. The van der Waals surface area contributed by atoms with Crippen molar-refractivity contribution in [2.45, 2.75) is 52.4 Å². The van der Waals surface area contributed by atoms with Gasteiger partial charge in [0.2, 0.25) is 0 Å². The lowest BCUT2D eigenvalue weighted by atomic mass is 9.94. The van der Waals surface area contributed by atoms with Crippen molar-refractivity contribution in [1.29, 1.82) is 0 Å². The summed E-state index contributed by atoms with van der Waals surface area (Å²) in [6, 6.07) is 0. The Morgan fingerprint density at radius 2 is 2.06 bits per heavy atom. The molecular formula is C13H24N2O. The van der Waals surface area contributed by atoms with Gasteiger partial charge in [-0.15, -0.1) is 0 Å². The molecule has 0 bridgehead atoms. The largest absolute Gasteiger partial charge is 0.445 e. The van der Waals surface area contributed by atoms with E-state index < -0.39 is 0 Å². The number of aromatic nitrogens is 1. The van der Waals surface area contributed by atoms with E-state index in [-0.39, 0.29) is 5.41 Å². The van der Waals surface area contributed by atoms with Crippen molar-refractivity contribution in [3.05, 3.63) is 17.8 Å². The molecule has 3 nitrogen and oxygen atoms in total. The lowest BCUT2D eigenvalue weighted by Gasteiger charge is -2.13. The molecule has 16 heavy (non-hydrogen) atoms. The highest BCUT2D eigenvalue weighted by atomic mass is 16.4. The maximum Gasteiger partial charge on any atom is 0.194 e. The van der Waals surface area contributed by atoms with Crippen LogP contribution >= 0.6 is 0 Å². The molecule has 0 aliphatic heterocycles. The zero-order chi connectivity index (χ0) is 12.0. The molecule has 0 fully saturated rings. The second-order valence-corrected chi connectivity index (χ2v) is 5.22. The van der Waals surface area contributed by atoms with Gasteiger partial charge in [0.15, 0.2) is 5.89 Å². The third kappa shape index (κ3) is 4.35. The maximum atomic E-state index is 5.72. The quantitative estimate of drug-likeness (QED) is 0.755. The summed E-state index contributed by atoms with van der Waals surface area (Å²) in [5.41, 5.74) is 0.0612. The van der Waals surface area contributed by atoms with Gasteiger partial charge in [0.1, 0.15) is 5.76 Å². The molecule has 0 saturated carbocycles. The average molecular weight is 224 g/mol. The van der Waals surface area contributed by atoms with Crippen LogP contribution in [-0.4, -0.2) is 18.1 Å². The van der Waals surface area contributed by atoms with E-state index in [1.54, 1.807) is 0 Å². The van der Waals surface area contributed by atoms with E-state index in [0.29, 0.717) is 0 Å². The lowest BCUT2D eigenvalue weighted by Crippen LogP contribution is -2.16. The second-order valence-electron chi connectivity index (χ2n) is 5.22. The molecule has 1 aromatic heterocycles. The molecule has 1 N–H and O–H groups in total. The third-order valence-corrected chi connectivity index (χ3v) is 2.46. The Morgan fingerprint density at radius 3 is 2.62 bits per heavy atom. The van der Waals surface area contributed by atoms with Gasteiger partial charge in [0.25, 0.3) is 0 Å². The summed E-state index contributed by atoms with van der Waals surface area (Å²) >= 11 is 0. The van der Waals surface area contributed by atoms with Crippen LogP contribution in [0.1, 0.15) is 52.2 Å². The predicted octanol–water partition coefficient (Wildman–Crippen LogP) is 2.90. The highest BCUT2D eigenvalue weighted by Gasteiger charge is 2.18.